The molecular formula is C21H23NO6S. The number of hydrogen-bond donors (Lipinski definition) is 0. The molecule has 1 unspecified atom stereocenters. The van der Waals surface area contributed by atoms with Crippen molar-refractivity contribution < 1.29 is 27.2 Å². The van der Waals surface area contributed by atoms with E-state index >= 15 is 0 Å². The van der Waals surface area contributed by atoms with Crippen LogP contribution in [0.4, 0.5) is 0 Å². The summed E-state index contributed by atoms with van der Waals surface area (Å²) in [5.41, 5.74) is 1.21. The number of carbonyl (C=O) groups is 2. The van der Waals surface area contributed by atoms with Gasteiger partial charge in [-0.25, -0.2) is 13.2 Å². The highest BCUT2D eigenvalue weighted by atomic mass is 32.2. The summed E-state index contributed by atoms with van der Waals surface area (Å²) in [6.07, 6.45) is 3.23. The fraction of sp³-hybridized carbons (Fsp3) is 0.333. The molecule has 29 heavy (non-hydrogen) atoms. The van der Waals surface area contributed by atoms with Crippen LogP contribution in [0.3, 0.4) is 0 Å². The van der Waals surface area contributed by atoms with Crippen LogP contribution in [0.2, 0.25) is 0 Å². The lowest BCUT2D eigenvalue weighted by Gasteiger charge is -2.27. The van der Waals surface area contributed by atoms with Gasteiger partial charge in [0.15, 0.2) is 9.84 Å². The Balaban J connectivity index is 1.81. The van der Waals surface area contributed by atoms with Crippen molar-refractivity contribution in [3.05, 3.63) is 65.1 Å². The van der Waals surface area contributed by atoms with Crippen LogP contribution in [0.25, 0.3) is 6.08 Å². The maximum atomic E-state index is 12.9. The van der Waals surface area contributed by atoms with Gasteiger partial charge in [-0.3, -0.25) is 4.79 Å². The average Bonchev–Trinajstić information content (AvgIpc) is 3.26. The summed E-state index contributed by atoms with van der Waals surface area (Å²) in [6, 6.07) is 10.6. The van der Waals surface area contributed by atoms with E-state index in [0.29, 0.717) is 30.0 Å². The van der Waals surface area contributed by atoms with Crippen molar-refractivity contribution >= 4 is 27.8 Å². The Morgan fingerprint density at radius 3 is 2.62 bits per heavy atom. The third kappa shape index (κ3) is 5.14. The lowest BCUT2D eigenvalue weighted by molar-refractivity contribution is -0.128. The van der Waals surface area contributed by atoms with E-state index in [-0.39, 0.29) is 23.5 Å². The highest BCUT2D eigenvalue weighted by molar-refractivity contribution is 7.91. The van der Waals surface area contributed by atoms with E-state index in [4.69, 9.17) is 9.15 Å². The molecule has 0 saturated carbocycles. The van der Waals surface area contributed by atoms with Crippen molar-refractivity contribution in [2.75, 3.05) is 18.6 Å². The van der Waals surface area contributed by atoms with Gasteiger partial charge in [-0.15, -0.1) is 0 Å². The van der Waals surface area contributed by atoms with E-state index in [1.807, 2.05) is 30.3 Å². The monoisotopic (exact) mass is 417 g/mol. The van der Waals surface area contributed by atoms with Gasteiger partial charge in [0.05, 0.1) is 18.6 Å². The molecule has 0 spiro atoms. The normalized spacial score (nSPS) is 18.1. The van der Waals surface area contributed by atoms with Crippen LogP contribution in [0.15, 0.2) is 46.9 Å². The Hall–Kier alpha value is -2.87. The SMILES string of the molecule is COC(=O)c1cc(/C=C/C(=O)N(Cc2ccccc2)C2CCS(=O)(=O)C2)oc1C. The van der Waals surface area contributed by atoms with Crippen molar-refractivity contribution in [2.24, 2.45) is 0 Å². The highest BCUT2D eigenvalue weighted by Gasteiger charge is 2.34. The molecule has 7 nitrogen and oxygen atoms in total. The number of nitrogens with zero attached hydrogens (tertiary/aromatic N) is 1. The van der Waals surface area contributed by atoms with Crippen LogP contribution in [0.1, 0.15) is 33.9 Å². The summed E-state index contributed by atoms with van der Waals surface area (Å²) >= 11 is 0. The van der Waals surface area contributed by atoms with Crippen LogP contribution >= 0.6 is 0 Å². The molecule has 1 aromatic heterocycles. The Kier molecular flexibility index (Phi) is 6.22. The molecule has 2 heterocycles. The molecule has 0 N–H and O–H groups in total. The number of carbonyl (C=O) groups excluding carboxylic acids is 2. The minimum Gasteiger partial charge on any atom is -0.465 e. The summed E-state index contributed by atoms with van der Waals surface area (Å²) in [4.78, 5) is 26.2. The highest BCUT2D eigenvalue weighted by Crippen LogP contribution is 2.22. The van der Waals surface area contributed by atoms with E-state index in [9.17, 15) is 18.0 Å². The summed E-state index contributed by atoms with van der Waals surface area (Å²) in [5.74, 6) is -0.0448. The lowest BCUT2D eigenvalue weighted by Crippen LogP contribution is -2.39. The summed E-state index contributed by atoms with van der Waals surface area (Å²) in [7, 11) is -1.85. The molecule has 1 aliphatic rings. The predicted octanol–water partition coefficient (Wildman–Crippen LogP) is 2.60. The number of rotatable bonds is 6. The number of methoxy groups -OCH3 is 1. The van der Waals surface area contributed by atoms with Gasteiger partial charge in [0.25, 0.3) is 0 Å². The second-order valence-corrected chi connectivity index (χ2v) is 9.18. The smallest absolute Gasteiger partial charge is 0.341 e. The van der Waals surface area contributed by atoms with Gasteiger partial charge >= 0.3 is 5.97 Å². The molecule has 2 aromatic rings. The maximum Gasteiger partial charge on any atom is 0.341 e. The summed E-state index contributed by atoms with van der Waals surface area (Å²) in [6.45, 7) is 1.95. The number of ether oxygens (including phenoxy) is 1. The molecule has 0 bridgehead atoms. The molecule has 3 rings (SSSR count). The fourth-order valence-electron chi connectivity index (χ4n) is 3.34. The first-order chi connectivity index (χ1) is 13.8. The van der Waals surface area contributed by atoms with Crippen LogP contribution < -0.4 is 0 Å². The Bertz CT molecular complexity index is 1020. The zero-order chi connectivity index (χ0) is 21.0. The summed E-state index contributed by atoms with van der Waals surface area (Å²) < 4.78 is 34.0. The number of benzene rings is 1. The van der Waals surface area contributed by atoms with Gasteiger partial charge < -0.3 is 14.1 Å². The lowest BCUT2D eigenvalue weighted by atomic mass is 10.1. The first kappa shape index (κ1) is 20.9. The Morgan fingerprint density at radius 1 is 1.28 bits per heavy atom. The molecular weight excluding hydrogens is 394 g/mol. The minimum absolute atomic E-state index is 0.0359. The Labute approximate surface area is 169 Å². The van der Waals surface area contributed by atoms with E-state index in [0.717, 1.165) is 5.56 Å². The second-order valence-electron chi connectivity index (χ2n) is 6.95. The standard InChI is InChI=1S/C21H23NO6S/c1-15-19(21(24)27-2)12-18(28-15)8-9-20(23)22(13-16-6-4-3-5-7-16)17-10-11-29(25,26)14-17/h3-9,12,17H,10-11,13-14H2,1-2H3/b9-8+. The van der Waals surface area contributed by atoms with Gasteiger partial charge in [-0.05, 0) is 31.1 Å². The van der Waals surface area contributed by atoms with Gasteiger partial charge in [0.2, 0.25) is 5.91 Å². The molecule has 8 heteroatoms. The van der Waals surface area contributed by atoms with Crippen molar-refractivity contribution in [2.45, 2.75) is 25.9 Å². The number of esters is 1. The van der Waals surface area contributed by atoms with E-state index < -0.39 is 15.8 Å². The molecule has 1 atom stereocenters. The number of aryl methyl sites for hydroxylation is 1. The molecule has 0 aliphatic carbocycles. The zero-order valence-corrected chi connectivity index (χ0v) is 17.1. The first-order valence-electron chi connectivity index (χ1n) is 9.21. The predicted molar refractivity (Wildman–Crippen MR) is 108 cm³/mol. The van der Waals surface area contributed by atoms with Gasteiger partial charge in [0, 0.05) is 18.7 Å². The molecule has 1 saturated heterocycles. The topological polar surface area (TPSA) is 93.9 Å². The molecule has 0 radical (unpaired) electrons. The van der Waals surface area contributed by atoms with Crippen LogP contribution in [0.5, 0.6) is 0 Å². The molecule has 1 fully saturated rings. The molecule has 154 valence electrons. The van der Waals surface area contributed by atoms with Gasteiger partial charge in [-0.2, -0.15) is 0 Å². The van der Waals surface area contributed by atoms with E-state index in [2.05, 4.69) is 0 Å². The number of hydrogen-bond acceptors (Lipinski definition) is 6. The van der Waals surface area contributed by atoms with Gasteiger partial charge in [-0.1, -0.05) is 30.3 Å². The van der Waals surface area contributed by atoms with Crippen molar-refractivity contribution in [3.63, 3.8) is 0 Å². The first-order valence-corrected chi connectivity index (χ1v) is 11.0. The quantitative estimate of drug-likeness (QED) is 0.530. The van der Waals surface area contributed by atoms with Gasteiger partial charge in [0.1, 0.15) is 17.1 Å². The van der Waals surface area contributed by atoms with Crippen LogP contribution in [-0.2, 0) is 25.9 Å². The molecule has 1 amide bonds. The van der Waals surface area contributed by atoms with Crippen LogP contribution in [-0.4, -0.2) is 49.9 Å². The second kappa shape index (κ2) is 8.65. The number of furan rings is 1. The molecule has 1 aromatic carbocycles. The third-order valence-electron chi connectivity index (χ3n) is 4.86. The van der Waals surface area contributed by atoms with Crippen molar-refractivity contribution in [1.29, 1.82) is 0 Å². The maximum absolute atomic E-state index is 12.9. The summed E-state index contributed by atoms with van der Waals surface area (Å²) in [5, 5.41) is 0. The number of sulfone groups is 1. The third-order valence-corrected chi connectivity index (χ3v) is 6.61. The number of amides is 1. The van der Waals surface area contributed by atoms with E-state index in [1.54, 1.807) is 11.8 Å². The zero-order valence-electron chi connectivity index (χ0n) is 16.3. The largest absolute Gasteiger partial charge is 0.465 e. The van der Waals surface area contributed by atoms with Crippen molar-refractivity contribution in [1.82, 2.24) is 4.90 Å². The van der Waals surface area contributed by atoms with E-state index in [1.165, 1.54) is 25.3 Å². The average molecular weight is 417 g/mol. The molecule has 1 aliphatic heterocycles. The van der Waals surface area contributed by atoms with Crippen LogP contribution in [0, 0.1) is 6.92 Å². The fourth-order valence-corrected chi connectivity index (χ4v) is 5.07. The Morgan fingerprint density at radius 2 is 2.00 bits per heavy atom. The van der Waals surface area contributed by atoms with Crippen molar-refractivity contribution in [3.8, 4) is 0 Å². The minimum atomic E-state index is -3.14.